The van der Waals surface area contributed by atoms with E-state index in [2.05, 4.69) is 34.9 Å². The summed E-state index contributed by atoms with van der Waals surface area (Å²) in [6.07, 6.45) is 1.12. The maximum Gasteiger partial charge on any atom is 0.119 e. The van der Waals surface area contributed by atoms with Gasteiger partial charge in [0.15, 0.2) is 0 Å². The highest BCUT2D eigenvalue weighted by atomic mass is 16.5. The van der Waals surface area contributed by atoms with Gasteiger partial charge in [-0.15, -0.1) is 0 Å². The van der Waals surface area contributed by atoms with Crippen LogP contribution < -0.4 is 4.74 Å². The Bertz CT molecular complexity index is 1010. The topological polar surface area (TPSA) is 47.3 Å². The molecule has 4 rings (SSSR count). The summed E-state index contributed by atoms with van der Waals surface area (Å²) in [5, 5.41) is 10.6. The Morgan fingerprint density at radius 3 is 2.29 bits per heavy atom. The van der Waals surface area contributed by atoms with E-state index < -0.39 is 6.10 Å². The van der Waals surface area contributed by atoms with E-state index in [0.29, 0.717) is 6.54 Å². The third kappa shape index (κ3) is 4.41. The van der Waals surface area contributed by atoms with Crippen LogP contribution in [0.2, 0.25) is 0 Å². The van der Waals surface area contributed by atoms with Crippen molar-refractivity contribution in [3.8, 4) is 5.75 Å². The first-order valence-corrected chi connectivity index (χ1v) is 9.63. The molecule has 4 nitrogen and oxygen atoms in total. The van der Waals surface area contributed by atoms with Crippen molar-refractivity contribution in [3.05, 3.63) is 96.3 Å². The largest absolute Gasteiger partial charge is 0.491 e. The third-order valence-electron chi connectivity index (χ3n) is 4.79. The van der Waals surface area contributed by atoms with Gasteiger partial charge in [-0.3, -0.25) is 0 Å². The van der Waals surface area contributed by atoms with Gasteiger partial charge in [-0.2, -0.15) is 0 Å². The second-order valence-corrected chi connectivity index (χ2v) is 6.89. The molecule has 1 aromatic heterocycles. The summed E-state index contributed by atoms with van der Waals surface area (Å²) in [7, 11) is 0. The number of aliphatic hydroxyl groups is 1. The van der Waals surface area contributed by atoms with Crippen molar-refractivity contribution < 1.29 is 9.84 Å². The first kappa shape index (κ1) is 18.3. The normalized spacial score (nSPS) is 12.2. The van der Waals surface area contributed by atoms with Crippen LogP contribution in [0.3, 0.4) is 0 Å². The molecule has 0 spiro atoms. The number of fused-ring (bicyclic) bond motifs is 1. The van der Waals surface area contributed by atoms with Crippen molar-refractivity contribution in [2.75, 3.05) is 6.61 Å². The molecule has 142 valence electrons. The van der Waals surface area contributed by atoms with Crippen LogP contribution in [-0.2, 0) is 19.4 Å². The number of hydrogen-bond acceptors (Lipinski definition) is 3. The molecule has 1 heterocycles. The lowest BCUT2D eigenvalue weighted by Crippen LogP contribution is -2.24. The minimum absolute atomic E-state index is 0.245. The summed E-state index contributed by atoms with van der Waals surface area (Å²) in [5.41, 5.74) is 3.29. The van der Waals surface area contributed by atoms with Gasteiger partial charge in [-0.05, 0) is 36.2 Å². The van der Waals surface area contributed by atoms with Crippen LogP contribution >= 0.6 is 0 Å². The summed E-state index contributed by atoms with van der Waals surface area (Å²) in [5.74, 6) is 1.75. The molecule has 0 bridgehead atoms. The van der Waals surface area contributed by atoms with Crippen molar-refractivity contribution in [1.82, 2.24) is 9.55 Å². The number of hydrogen-bond donors (Lipinski definition) is 1. The molecule has 0 aliphatic heterocycles. The van der Waals surface area contributed by atoms with Crippen molar-refractivity contribution >= 4 is 11.0 Å². The Morgan fingerprint density at radius 1 is 0.821 bits per heavy atom. The number of aryl methyl sites for hydroxylation is 2. The Morgan fingerprint density at radius 2 is 1.50 bits per heavy atom. The van der Waals surface area contributed by atoms with E-state index in [1.54, 1.807) is 0 Å². The number of rotatable bonds is 8. The molecule has 0 fully saturated rings. The van der Waals surface area contributed by atoms with E-state index in [9.17, 15) is 5.11 Å². The van der Waals surface area contributed by atoms with E-state index in [1.165, 1.54) is 5.56 Å². The van der Waals surface area contributed by atoms with Crippen molar-refractivity contribution in [3.63, 3.8) is 0 Å². The van der Waals surface area contributed by atoms with E-state index >= 15 is 0 Å². The summed E-state index contributed by atoms with van der Waals surface area (Å²) < 4.78 is 7.84. The number of aliphatic hydroxyl groups excluding tert-OH is 1. The van der Waals surface area contributed by atoms with Gasteiger partial charge in [0, 0.05) is 6.42 Å². The fourth-order valence-corrected chi connectivity index (χ4v) is 3.39. The third-order valence-corrected chi connectivity index (χ3v) is 4.79. The minimum Gasteiger partial charge on any atom is -0.491 e. The zero-order valence-corrected chi connectivity index (χ0v) is 15.7. The monoisotopic (exact) mass is 372 g/mol. The van der Waals surface area contributed by atoms with Gasteiger partial charge in [0.2, 0.25) is 0 Å². The molecule has 4 aromatic rings. The van der Waals surface area contributed by atoms with Crippen LogP contribution in [0.1, 0.15) is 11.4 Å². The quantitative estimate of drug-likeness (QED) is 0.503. The predicted octanol–water partition coefficient (Wildman–Crippen LogP) is 4.26. The Hall–Kier alpha value is -3.11. The SMILES string of the molecule is O[C@@H](COc1ccccc1)Cn1c(CCc2ccccc2)nc2ccccc21. The number of para-hydroxylation sites is 3. The number of nitrogens with zero attached hydrogens (tertiary/aromatic N) is 2. The smallest absolute Gasteiger partial charge is 0.119 e. The van der Waals surface area contributed by atoms with Gasteiger partial charge in [0.05, 0.1) is 17.6 Å². The van der Waals surface area contributed by atoms with E-state index in [0.717, 1.165) is 35.4 Å². The average molecular weight is 372 g/mol. The van der Waals surface area contributed by atoms with E-state index in [-0.39, 0.29) is 6.61 Å². The van der Waals surface area contributed by atoms with Crippen LogP contribution in [0, 0.1) is 0 Å². The van der Waals surface area contributed by atoms with Gasteiger partial charge < -0.3 is 14.4 Å². The van der Waals surface area contributed by atoms with Gasteiger partial charge >= 0.3 is 0 Å². The molecule has 1 atom stereocenters. The Balaban J connectivity index is 1.49. The fraction of sp³-hybridized carbons (Fsp3) is 0.208. The Labute approximate surface area is 165 Å². The molecule has 0 unspecified atom stereocenters. The van der Waals surface area contributed by atoms with Crippen molar-refractivity contribution in [2.24, 2.45) is 0 Å². The molecule has 3 aromatic carbocycles. The fourth-order valence-electron chi connectivity index (χ4n) is 3.39. The van der Waals surface area contributed by atoms with Crippen molar-refractivity contribution in [1.29, 1.82) is 0 Å². The zero-order valence-electron chi connectivity index (χ0n) is 15.7. The standard InChI is InChI=1S/C24H24N2O2/c27-20(18-28-21-11-5-2-6-12-21)17-26-23-14-8-7-13-22(23)25-24(26)16-15-19-9-3-1-4-10-19/h1-14,20,27H,15-18H2/t20-/m1/s1. The van der Waals surface area contributed by atoms with Crippen molar-refractivity contribution in [2.45, 2.75) is 25.5 Å². The lowest BCUT2D eigenvalue weighted by Gasteiger charge is -2.16. The van der Waals surface area contributed by atoms with Gasteiger partial charge in [0.1, 0.15) is 24.3 Å². The van der Waals surface area contributed by atoms with Crippen LogP contribution in [0.4, 0.5) is 0 Å². The van der Waals surface area contributed by atoms with E-state index in [4.69, 9.17) is 9.72 Å². The minimum atomic E-state index is -0.617. The summed E-state index contributed by atoms with van der Waals surface area (Å²) in [6.45, 7) is 0.701. The number of benzene rings is 3. The van der Waals surface area contributed by atoms with Crippen LogP contribution in [-0.4, -0.2) is 27.4 Å². The molecule has 1 N–H and O–H groups in total. The van der Waals surface area contributed by atoms with Gasteiger partial charge in [-0.1, -0.05) is 60.7 Å². The van der Waals surface area contributed by atoms with Crippen LogP contribution in [0.25, 0.3) is 11.0 Å². The van der Waals surface area contributed by atoms with Gasteiger partial charge in [-0.25, -0.2) is 4.98 Å². The highest BCUT2D eigenvalue weighted by Gasteiger charge is 2.15. The van der Waals surface area contributed by atoms with Gasteiger partial charge in [0.25, 0.3) is 0 Å². The maximum atomic E-state index is 10.6. The second kappa shape index (κ2) is 8.72. The summed E-state index contributed by atoms with van der Waals surface area (Å²) in [4.78, 5) is 4.81. The highest BCUT2D eigenvalue weighted by Crippen LogP contribution is 2.19. The average Bonchev–Trinajstić information content (AvgIpc) is 3.10. The molecule has 28 heavy (non-hydrogen) atoms. The molecular formula is C24H24N2O2. The molecular weight excluding hydrogens is 348 g/mol. The molecule has 0 amide bonds. The predicted molar refractivity (Wildman–Crippen MR) is 112 cm³/mol. The summed E-state index contributed by atoms with van der Waals surface area (Å²) in [6, 6.07) is 28.1. The molecule has 4 heteroatoms. The number of aromatic nitrogens is 2. The number of imidazole rings is 1. The number of ether oxygens (including phenoxy) is 1. The zero-order chi connectivity index (χ0) is 19.2. The lowest BCUT2D eigenvalue weighted by atomic mass is 10.1. The lowest BCUT2D eigenvalue weighted by molar-refractivity contribution is 0.0927. The van der Waals surface area contributed by atoms with Crippen LogP contribution in [0.15, 0.2) is 84.9 Å². The summed E-state index contributed by atoms with van der Waals surface area (Å²) >= 11 is 0. The first-order valence-electron chi connectivity index (χ1n) is 9.63. The molecule has 0 saturated heterocycles. The first-order chi connectivity index (χ1) is 13.8. The van der Waals surface area contributed by atoms with Crippen LogP contribution in [0.5, 0.6) is 5.75 Å². The molecule has 0 radical (unpaired) electrons. The molecule has 0 saturated carbocycles. The highest BCUT2D eigenvalue weighted by molar-refractivity contribution is 5.75. The maximum absolute atomic E-state index is 10.6. The molecule has 0 aliphatic rings. The van der Waals surface area contributed by atoms with E-state index in [1.807, 2.05) is 54.6 Å². The second-order valence-electron chi connectivity index (χ2n) is 6.89. The Kier molecular flexibility index (Phi) is 5.69. The molecule has 0 aliphatic carbocycles.